The summed E-state index contributed by atoms with van der Waals surface area (Å²) in [5.41, 5.74) is 9.02. The summed E-state index contributed by atoms with van der Waals surface area (Å²) < 4.78 is 6.02. The minimum atomic E-state index is 1.05. The highest BCUT2D eigenvalue weighted by molar-refractivity contribution is 7.21. The zero-order chi connectivity index (χ0) is 32.1. The second-order valence-corrected chi connectivity index (χ2v) is 13.6. The predicted octanol–water partition coefficient (Wildman–Crippen LogP) is 12.1. The topological polar surface area (TPSA) is 22.8 Å². The summed E-state index contributed by atoms with van der Waals surface area (Å²) in [6.45, 7) is 0. The minimum absolute atomic E-state index is 1.05. The summed E-state index contributed by atoms with van der Waals surface area (Å²) in [6, 6.07) is 61.5. The minimum Gasteiger partial charge on any atom is -0.307 e. The Balaban J connectivity index is 1.23. The van der Waals surface area contributed by atoms with Crippen molar-refractivity contribution in [2.75, 3.05) is 0 Å². The van der Waals surface area contributed by atoms with Gasteiger partial charge in [0.25, 0.3) is 0 Å². The quantitative estimate of drug-likeness (QED) is 0.176. The van der Waals surface area contributed by atoms with Crippen LogP contribution < -0.4 is 0 Å². The largest absolute Gasteiger partial charge is 0.307 e. The van der Waals surface area contributed by atoms with Crippen molar-refractivity contribution in [1.29, 1.82) is 0 Å². The summed E-state index contributed by atoms with van der Waals surface area (Å²) >= 11 is 1.76. The fraction of sp³-hybridized carbons (Fsp3) is 0. The number of benzene rings is 7. The smallest absolute Gasteiger partial charge is 0.124 e. The predicted molar refractivity (Wildman–Crippen MR) is 206 cm³/mol. The van der Waals surface area contributed by atoms with E-state index in [1.165, 1.54) is 31.6 Å². The lowest BCUT2D eigenvalue weighted by Gasteiger charge is -2.13. The Bertz CT molecular complexity index is 3090. The number of para-hydroxylation sites is 3. The van der Waals surface area contributed by atoms with Crippen molar-refractivity contribution in [3.8, 4) is 21.9 Å². The second kappa shape index (κ2) is 10.0. The first kappa shape index (κ1) is 26.6. The Morgan fingerprint density at radius 3 is 1.80 bits per heavy atom. The molecule has 0 aliphatic rings. The highest BCUT2D eigenvalue weighted by Crippen LogP contribution is 2.42. The van der Waals surface area contributed by atoms with E-state index in [-0.39, 0.29) is 0 Å². The van der Waals surface area contributed by atoms with E-state index >= 15 is 0 Å². The zero-order valence-corrected chi connectivity index (χ0v) is 27.0. The molecule has 11 aromatic rings. The molecule has 0 aliphatic carbocycles. The van der Waals surface area contributed by atoms with E-state index in [0.29, 0.717) is 0 Å². The molecule has 0 amide bonds. The molecular formula is C45H25N3S. The van der Waals surface area contributed by atoms with E-state index in [9.17, 15) is 0 Å². The summed E-state index contributed by atoms with van der Waals surface area (Å²) in [5, 5.41) is 10.3. The molecule has 8 aromatic carbocycles. The lowest BCUT2D eigenvalue weighted by Crippen LogP contribution is -1.98. The van der Waals surface area contributed by atoms with Gasteiger partial charge >= 0.3 is 0 Å². The van der Waals surface area contributed by atoms with E-state index in [4.69, 9.17) is 4.98 Å². The van der Waals surface area contributed by atoms with E-state index in [1.807, 2.05) is 0 Å². The third-order valence-corrected chi connectivity index (χ3v) is 11.0. The van der Waals surface area contributed by atoms with Crippen molar-refractivity contribution in [1.82, 2.24) is 14.1 Å². The maximum Gasteiger partial charge on any atom is 0.124 e. The van der Waals surface area contributed by atoms with Crippen LogP contribution in [0.3, 0.4) is 0 Å². The molecule has 0 saturated heterocycles. The van der Waals surface area contributed by atoms with Gasteiger partial charge in [0.1, 0.15) is 5.01 Å². The molecule has 0 radical (unpaired) electrons. The standard InChI is InChI=1S/C45H25N3S/c1-3-11-29(12-4-1)45-46-42-40(49-45)26-21-28-19-20-30-27-32(22-23-33(30)41(28)42)48-39-18-10-8-16-35(39)37-25-24-36-34-15-7-9-17-38(34)47(43(36)44(37)48)31-13-5-2-6-14-31/h1-23,26-27H. The second-order valence-electron chi connectivity index (χ2n) is 12.6. The van der Waals surface area contributed by atoms with Gasteiger partial charge in [0.2, 0.25) is 0 Å². The number of fused-ring (bicyclic) bond motifs is 12. The van der Waals surface area contributed by atoms with Crippen LogP contribution in [0.15, 0.2) is 152 Å². The Morgan fingerprint density at radius 2 is 1.08 bits per heavy atom. The molecule has 0 atom stereocenters. The summed E-state index contributed by atoms with van der Waals surface area (Å²) in [6.07, 6.45) is 0. The van der Waals surface area contributed by atoms with E-state index in [0.717, 1.165) is 65.7 Å². The molecule has 3 aromatic heterocycles. The summed E-state index contributed by atoms with van der Waals surface area (Å²) in [4.78, 5) is 5.21. The third kappa shape index (κ3) is 3.76. The van der Waals surface area contributed by atoms with Crippen LogP contribution in [0.25, 0.3) is 97.3 Å². The molecule has 0 saturated carbocycles. The van der Waals surface area contributed by atoms with Gasteiger partial charge in [-0.2, -0.15) is 0 Å². The first-order valence-electron chi connectivity index (χ1n) is 16.5. The van der Waals surface area contributed by atoms with E-state index < -0.39 is 0 Å². The maximum atomic E-state index is 5.21. The van der Waals surface area contributed by atoms with Crippen LogP contribution in [-0.4, -0.2) is 14.1 Å². The average molecular weight is 640 g/mol. The Labute approximate surface area is 285 Å². The van der Waals surface area contributed by atoms with Gasteiger partial charge in [-0.15, -0.1) is 11.3 Å². The Kier molecular flexibility index (Phi) is 5.46. The van der Waals surface area contributed by atoms with Gasteiger partial charge in [-0.05, 0) is 58.6 Å². The lowest BCUT2D eigenvalue weighted by atomic mass is 10.0. The highest BCUT2D eigenvalue weighted by Gasteiger charge is 2.21. The van der Waals surface area contributed by atoms with Gasteiger partial charge in [0.15, 0.2) is 0 Å². The van der Waals surface area contributed by atoms with Crippen molar-refractivity contribution in [2.45, 2.75) is 0 Å². The van der Waals surface area contributed by atoms with Crippen molar-refractivity contribution < 1.29 is 0 Å². The first-order chi connectivity index (χ1) is 24.3. The summed E-state index contributed by atoms with van der Waals surface area (Å²) in [5.74, 6) is 0. The molecular weight excluding hydrogens is 615 g/mol. The molecule has 11 rings (SSSR count). The molecule has 0 spiro atoms. The molecule has 3 heterocycles. The fourth-order valence-corrected chi connectivity index (χ4v) is 8.77. The lowest BCUT2D eigenvalue weighted by molar-refractivity contribution is 1.15. The molecule has 226 valence electrons. The van der Waals surface area contributed by atoms with Crippen LogP contribution >= 0.6 is 11.3 Å². The van der Waals surface area contributed by atoms with Crippen molar-refractivity contribution in [3.63, 3.8) is 0 Å². The molecule has 0 aliphatic heterocycles. The normalized spacial score (nSPS) is 11.9. The molecule has 49 heavy (non-hydrogen) atoms. The van der Waals surface area contributed by atoms with Crippen LogP contribution in [-0.2, 0) is 0 Å². The molecule has 0 N–H and O–H groups in total. The van der Waals surface area contributed by atoms with Gasteiger partial charge in [0, 0.05) is 33.1 Å². The van der Waals surface area contributed by atoms with E-state index in [2.05, 4.69) is 173 Å². The number of rotatable bonds is 3. The SMILES string of the molecule is c1c2c3ccccc3n(-c3ccccc3)c2c2c(c#1)c1ccccc1n2-c1ccc2c(ccc3ccc4sc(-c5ccccc5)nc4c32)c1. The van der Waals surface area contributed by atoms with Gasteiger partial charge in [-0.3, -0.25) is 0 Å². The van der Waals surface area contributed by atoms with Crippen LogP contribution in [0.5, 0.6) is 0 Å². The number of hydrogen-bond donors (Lipinski definition) is 0. The van der Waals surface area contributed by atoms with Crippen LogP contribution in [0.1, 0.15) is 0 Å². The van der Waals surface area contributed by atoms with Gasteiger partial charge in [-0.25, -0.2) is 4.98 Å². The van der Waals surface area contributed by atoms with Gasteiger partial charge in [0.05, 0.1) is 43.1 Å². The summed E-state index contributed by atoms with van der Waals surface area (Å²) in [7, 11) is 0. The molecule has 0 fully saturated rings. The average Bonchev–Trinajstić information content (AvgIpc) is 3.86. The monoisotopic (exact) mass is 639 g/mol. The Hall–Kier alpha value is -6.41. The fourth-order valence-electron chi connectivity index (χ4n) is 7.79. The van der Waals surface area contributed by atoms with Crippen molar-refractivity contribution >= 4 is 86.7 Å². The number of nitrogens with zero attached hydrogens (tertiary/aromatic N) is 3. The molecule has 4 heteroatoms. The van der Waals surface area contributed by atoms with Gasteiger partial charge in [-0.1, -0.05) is 121 Å². The maximum absolute atomic E-state index is 5.21. The first-order valence-corrected chi connectivity index (χ1v) is 17.3. The Morgan fingerprint density at radius 1 is 0.490 bits per heavy atom. The highest BCUT2D eigenvalue weighted by atomic mass is 32.1. The van der Waals surface area contributed by atoms with E-state index in [1.54, 1.807) is 11.3 Å². The van der Waals surface area contributed by atoms with Crippen LogP contribution in [0.4, 0.5) is 0 Å². The zero-order valence-electron chi connectivity index (χ0n) is 26.2. The molecule has 0 bridgehead atoms. The van der Waals surface area contributed by atoms with Crippen molar-refractivity contribution in [2.24, 2.45) is 0 Å². The number of aromatic nitrogens is 3. The van der Waals surface area contributed by atoms with Crippen LogP contribution in [0.2, 0.25) is 0 Å². The third-order valence-electron chi connectivity index (χ3n) is 9.92. The van der Waals surface area contributed by atoms with Crippen LogP contribution in [0, 0.1) is 12.1 Å². The number of hydrogen-bond acceptors (Lipinski definition) is 2. The number of thiazole rings is 1. The molecule has 0 unspecified atom stereocenters. The van der Waals surface area contributed by atoms with Gasteiger partial charge < -0.3 is 9.13 Å². The van der Waals surface area contributed by atoms with Crippen molar-refractivity contribution in [3.05, 3.63) is 164 Å². The molecule has 3 nitrogen and oxygen atoms in total.